The molecule has 0 saturated carbocycles. The largest absolute Gasteiger partial charge is 0.393 e. The topological polar surface area (TPSA) is 47.2 Å². The Balaban J connectivity index is 2.32. The van der Waals surface area contributed by atoms with Gasteiger partial charge in [0.05, 0.1) is 6.10 Å². The number of nitrogens with zero attached hydrogens (tertiary/aromatic N) is 2. The first-order valence-electron chi connectivity index (χ1n) is 5.01. The number of aliphatic hydroxyl groups excluding tert-OH is 1. The lowest BCUT2D eigenvalue weighted by atomic mass is 10.2. The molecule has 0 bridgehead atoms. The molecule has 80 valence electrons. The summed E-state index contributed by atoms with van der Waals surface area (Å²) >= 11 is 0. The van der Waals surface area contributed by atoms with Gasteiger partial charge in [-0.2, -0.15) is 0 Å². The molecule has 1 aromatic rings. The van der Waals surface area contributed by atoms with Crippen LogP contribution in [-0.2, 0) is 13.6 Å². The predicted molar refractivity (Wildman–Crippen MR) is 55.2 cm³/mol. The second-order valence-electron chi connectivity index (χ2n) is 3.73. The minimum absolute atomic E-state index is 0.0297. The summed E-state index contributed by atoms with van der Waals surface area (Å²) in [5, 5.41) is 9.04. The number of unbranched alkanes of at least 4 members (excludes halogenated alkanes) is 1. The SMILES string of the molecule is CC(O)CCCCn1ccn(C)c1=O. The predicted octanol–water partition coefficient (Wildman–Crippen LogP) is 0.738. The minimum Gasteiger partial charge on any atom is -0.393 e. The highest BCUT2D eigenvalue weighted by atomic mass is 16.3. The third-order valence-electron chi connectivity index (χ3n) is 2.29. The fourth-order valence-corrected chi connectivity index (χ4v) is 1.40. The Bertz CT molecular complexity index is 325. The van der Waals surface area contributed by atoms with Crippen molar-refractivity contribution >= 4 is 0 Å². The number of imidazole rings is 1. The van der Waals surface area contributed by atoms with Crippen LogP contribution in [0, 0.1) is 0 Å². The number of aryl methyl sites for hydroxylation is 2. The number of rotatable bonds is 5. The van der Waals surface area contributed by atoms with E-state index in [2.05, 4.69) is 0 Å². The van der Waals surface area contributed by atoms with Crippen LogP contribution in [0.15, 0.2) is 17.2 Å². The van der Waals surface area contributed by atoms with Crippen LogP contribution >= 0.6 is 0 Å². The standard InChI is InChI=1S/C10H18N2O2/c1-9(13)5-3-4-6-12-8-7-11(2)10(12)14/h7-9,13H,3-6H2,1-2H3. The van der Waals surface area contributed by atoms with E-state index in [0.717, 1.165) is 25.8 Å². The maximum atomic E-state index is 11.4. The summed E-state index contributed by atoms with van der Waals surface area (Å²) in [5.41, 5.74) is 0.0297. The molecule has 1 N–H and O–H groups in total. The second kappa shape index (κ2) is 5.00. The zero-order valence-electron chi connectivity index (χ0n) is 8.81. The molecule has 1 rings (SSSR count). The first kappa shape index (κ1) is 11.0. The molecule has 0 spiro atoms. The quantitative estimate of drug-likeness (QED) is 0.709. The summed E-state index contributed by atoms with van der Waals surface area (Å²) < 4.78 is 3.26. The van der Waals surface area contributed by atoms with Crippen LogP contribution in [-0.4, -0.2) is 20.3 Å². The Labute approximate surface area is 83.8 Å². The molecular formula is C10H18N2O2. The minimum atomic E-state index is -0.234. The van der Waals surface area contributed by atoms with E-state index in [9.17, 15) is 4.79 Å². The maximum absolute atomic E-state index is 11.4. The van der Waals surface area contributed by atoms with Gasteiger partial charge in [0.25, 0.3) is 0 Å². The highest BCUT2D eigenvalue weighted by Gasteiger charge is 2.00. The van der Waals surface area contributed by atoms with Crippen LogP contribution in [0.5, 0.6) is 0 Å². The Morgan fingerprint density at radius 3 is 2.64 bits per heavy atom. The molecular weight excluding hydrogens is 180 g/mol. The molecule has 0 aliphatic rings. The van der Waals surface area contributed by atoms with Crippen molar-refractivity contribution in [3.63, 3.8) is 0 Å². The zero-order valence-corrected chi connectivity index (χ0v) is 8.81. The first-order valence-corrected chi connectivity index (χ1v) is 5.01. The van der Waals surface area contributed by atoms with Gasteiger partial charge in [-0.25, -0.2) is 4.79 Å². The summed E-state index contributed by atoms with van der Waals surface area (Å²) in [6.45, 7) is 2.53. The van der Waals surface area contributed by atoms with Crippen molar-refractivity contribution in [2.45, 2.75) is 38.8 Å². The van der Waals surface area contributed by atoms with Gasteiger partial charge in [0.2, 0.25) is 0 Å². The third kappa shape index (κ3) is 3.03. The van der Waals surface area contributed by atoms with E-state index in [4.69, 9.17) is 5.11 Å². The molecule has 4 heteroatoms. The summed E-state index contributed by atoms with van der Waals surface area (Å²) in [7, 11) is 1.74. The molecule has 0 aromatic carbocycles. The summed E-state index contributed by atoms with van der Waals surface area (Å²) in [4.78, 5) is 11.4. The van der Waals surface area contributed by atoms with E-state index in [-0.39, 0.29) is 11.8 Å². The molecule has 0 amide bonds. The molecule has 1 aromatic heterocycles. The number of hydrogen-bond acceptors (Lipinski definition) is 2. The Kier molecular flexibility index (Phi) is 3.95. The summed E-state index contributed by atoms with van der Waals surface area (Å²) in [5.74, 6) is 0. The smallest absolute Gasteiger partial charge is 0.327 e. The molecule has 0 saturated heterocycles. The van der Waals surface area contributed by atoms with Crippen molar-refractivity contribution in [2.75, 3.05) is 0 Å². The summed E-state index contributed by atoms with van der Waals surface area (Å²) in [6.07, 6.45) is 6.03. The average molecular weight is 198 g/mol. The molecule has 1 unspecified atom stereocenters. The van der Waals surface area contributed by atoms with Gasteiger partial charge in [-0.1, -0.05) is 0 Å². The molecule has 0 fully saturated rings. The van der Waals surface area contributed by atoms with Gasteiger partial charge in [0.15, 0.2) is 0 Å². The first-order chi connectivity index (χ1) is 6.61. The third-order valence-corrected chi connectivity index (χ3v) is 2.29. The van der Waals surface area contributed by atoms with Crippen molar-refractivity contribution in [1.29, 1.82) is 0 Å². The second-order valence-corrected chi connectivity index (χ2v) is 3.73. The highest BCUT2D eigenvalue weighted by Crippen LogP contribution is 2.01. The van der Waals surface area contributed by atoms with Crippen LogP contribution in [0.3, 0.4) is 0 Å². The van der Waals surface area contributed by atoms with Gasteiger partial charge >= 0.3 is 5.69 Å². The zero-order chi connectivity index (χ0) is 10.6. The molecule has 1 heterocycles. The van der Waals surface area contributed by atoms with E-state index in [0.29, 0.717) is 0 Å². The van der Waals surface area contributed by atoms with Crippen molar-refractivity contribution < 1.29 is 5.11 Å². The Morgan fingerprint density at radius 2 is 2.14 bits per heavy atom. The molecule has 0 aliphatic carbocycles. The highest BCUT2D eigenvalue weighted by molar-refractivity contribution is 4.79. The van der Waals surface area contributed by atoms with Crippen molar-refractivity contribution in [2.24, 2.45) is 7.05 Å². The lowest BCUT2D eigenvalue weighted by molar-refractivity contribution is 0.180. The lowest BCUT2D eigenvalue weighted by Crippen LogP contribution is -2.21. The molecule has 4 nitrogen and oxygen atoms in total. The van der Waals surface area contributed by atoms with Gasteiger partial charge in [0, 0.05) is 26.0 Å². The van der Waals surface area contributed by atoms with E-state index < -0.39 is 0 Å². The van der Waals surface area contributed by atoms with E-state index in [1.807, 2.05) is 0 Å². The maximum Gasteiger partial charge on any atom is 0.327 e. The normalized spacial score (nSPS) is 13.1. The van der Waals surface area contributed by atoms with Gasteiger partial charge < -0.3 is 9.67 Å². The van der Waals surface area contributed by atoms with E-state index in [1.54, 1.807) is 35.5 Å². The van der Waals surface area contributed by atoms with Gasteiger partial charge in [-0.15, -0.1) is 0 Å². The van der Waals surface area contributed by atoms with Gasteiger partial charge in [0.1, 0.15) is 0 Å². The fraction of sp³-hybridized carbons (Fsp3) is 0.700. The number of aliphatic hydroxyl groups is 1. The van der Waals surface area contributed by atoms with Crippen LogP contribution in [0.4, 0.5) is 0 Å². The van der Waals surface area contributed by atoms with Crippen LogP contribution in [0.1, 0.15) is 26.2 Å². The van der Waals surface area contributed by atoms with Gasteiger partial charge in [-0.05, 0) is 26.2 Å². The number of hydrogen-bond donors (Lipinski definition) is 1. The van der Waals surface area contributed by atoms with Crippen LogP contribution < -0.4 is 5.69 Å². The lowest BCUT2D eigenvalue weighted by Gasteiger charge is -2.03. The monoisotopic (exact) mass is 198 g/mol. The van der Waals surface area contributed by atoms with E-state index in [1.165, 1.54) is 0 Å². The molecule has 0 aliphatic heterocycles. The van der Waals surface area contributed by atoms with Crippen LogP contribution in [0.2, 0.25) is 0 Å². The number of aromatic nitrogens is 2. The fourth-order valence-electron chi connectivity index (χ4n) is 1.40. The molecule has 0 radical (unpaired) electrons. The summed E-state index contributed by atoms with van der Waals surface area (Å²) in [6, 6.07) is 0. The molecule has 14 heavy (non-hydrogen) atoms. The molecule has 1 atom stereocenters. The van der Waals surface area contributed by atoms with Crippen LogP contribution in [0.25, 0.3) is 0 Å². The van der Waals surface area contributed by atoms with E-state index >= 15 is 0 Å². The Morgan fingerprint density at radius 1 is 1.43 bits per heavy atom. The van der Waals surface area contributed by atoms with Crippen molar-refractivity contribution in [3.8, 4) is 0 Å². The van der Waals surface area contributed by atoms with Gasteiger partial charge in [-0.3, -0.25) is 4.57 Å². The average Bonchev–Trinajstić information content (AvgIpc) is 2.43. The van der Waals surface area contributed by atoms with Crippen molar-refractivity contribution in [1.82, 2.24) is 9.13 Å². The van der Waals surface area contributed by atoms with Crippen molar-refractivity contribution in [3.05, 3.63) is 22.9 Å². The Hall–Kier alpha value is -1.03.